The van der Waals surface area contributed by atoms with Gasteiger partial charge in [-0.1, -0.05) is 6.07 Å². The summed E-state index contributed by atoms with van der Waals surface area (Å²) in [6.07, 6.45) is 3.21. The molecule has 3 rings (SSSR count). The van der Waals surface area contributed by atoms with Crippen LogP contribution in [0.3, 0.4) is 0 Å². The number of likely N-dealkylation sites (tertiary alicyclic amines) is 1. The summed E-state index contributed by atoms with van der Waals surface area (Å²) >= 11 is 0. The highest BCUT2D eigenvalue weighted by molar-refractivity contribution is 7.88. The minimum absolute atomic E-state index is 0.00963. The molecule has 0 N–H and O–H groups in total. The summed E-state index contributed by atoms with van der Waals surface area (Å²) in [4.78, 5) is 9.06. The molecule has 2 aliphatic heterocycles. The van der Waals surface area contributed by atoms with Crippen LogP contribution in [-0.2, 0) is 21.3 Å². The molecule has 3 heterocycles. The topological polar surface area (TPSA) is 75.2 Å². The van der Waals surface area contributed by atoms with Gasteiger partial charge in [-0.15, -0.1) is 0 Å². The molecular formula is C19H32N4O4S. The van der Waals surface area contributed by atoms with Gasteiger partial charge >= 0.3 is 0 Å². The largest absolute Gasteiger partial charge is 0.481 e. The highest BCUT2D eigenvalue weighted by atomic mass is 32.2. The maximum Gasteiger partial charge on any atom is 0.213 e. The molecule has 2 fully saturated rings. The van der Waals surface area contributed by atoms with Crippen LogP contribution in [0.5, 0.6) is 5.88 Å². The van der Waals surface area contributed by atoms with Gasteiger partial charge in [-0.2, -0.15) is 4.31 Å². The number of morpholine rings is 1. The van der Waals surface area contributed by atoms with Gasteiger partial charge < -0.3 is 9.47 Å². The second kappa shape index (κ2) is 9.98. The maximum atomic E-state index is 12.5. The quantitative estimate of drug-likeness (QED) is 0.621. The first-order valence-electron chi connectivity index (χ1n) is 9.95. The number of aromatic nitrogens is 1. The number of sulfonamides is 1. The predicted molar refractivity (Wildman–Crippen MR) is 108 cm³/mol. The molecule has 0 aromatic carbocycles. The van der Waals surface area contributed by atoms with Crippen LogP contribution in [0.2, 0.25) is 0 Å². The first kappa shape index (κ1) is 21.4. The van der Waals surface area contributed by atoms with Crippen LogP contribution in [0.15, 0.2) is 18.2 Å². The summed E-state index contributed by atoms with van der Waals surface area (Å²) in [5.41, 5.74) is 0.944. The zero-order valence-electron chi connectivity index (χ0n) is 16.9. The van der Waals surface area contributed by atoms with Gasteiger partial charge in [0.25, 0.3) is 0 Å². The maximum absolute atomic E-state index is 12.5. The molecule has 1 atom stereocenters. The minimum Gasteiger partial charge on any atom is -0.481 e. The van der Waals surface area contributed by atoms with E-state index in [2.05, 4.69) is 14.8 Å². The number of pyridine rings is 1. The fourth-order valence-corrected chi connectivity index (χ4v) is 5.11. The smallest absolute Gasteiger partial charge is 0.213 e. The standard InChI is InChI=1S/C19H32N4O4S/c1-26-19-7-3-5-17(20-19)15-22-8-4-6-18(16-22)23(28(2,24)25)10-9-21-11-13-27-14-12-21/h3,5,7,18H,4,6,8-16H2,1-2H3. The molecule has 0 spiro atoms. The van der Waals surface area contributed by atoms with Crippen molar-refractivity contribution in [2.45, 2.75) is 25.4 Å². The Labute approximate surface area is 168 Å². The van der Waals surface area contributed by atoms with Crippen molar-refractivity contribution < 1.29 is 17.9 Å². The molecule has 1 aromatic heterocycles. The van der Waals surface area contributed by atoms with E-state index >= 15 is 0 Å². The van der Waals surface area contributed by atoms with Crippen molar-refractivity contribution in [3.05, 3.63) is 23.9 Å². The lowest BCUT2D eigenvalue weighted by Gasteiger charge is -2.39. The van der Waals surface area contributed by atoms with Gasteiger partial charge in [-0.25, -0.2) is 13.4 Å². The first-order valence-corrected chi connectivity index (χ1v) is 11.8. The predicted octanol–water partition coefficient (Wildman–Crippen LogP) is 0.648. The molecule has 0 saturated carbocycles. The van der Waals surface area contributed by atoms with Gasteiger partial charge in [0.2, 0.25) is 15.9 Å². The zero-order valence-corrected chi connectivity index (χ0v) is 17.7. The van der Waals surface area contributed by atoms with Gasteiger partial charge in [0.15, 0.2) is 0 Å². The van der Waals surface area contributed by atoms with Crippen LogP contribution in [-0.4, -0.2) is 99.4 Å². The number of piperidine rings is 1. The van der Waals surface area contributed by atoms with Crippen molar-refractivity contribution in [2.75, 3.05) is 65.8 Å². The van der Waals surface area contributed by atoms with Crippen molar-refractivity contribution in [3.8, 4) is 5.88 Å². The number of ether oxygens (including phenoxy) is 2. The molecule has 1 aromatic rings. The van der Waals surface area contributed by atoms with Gasteiger partial charge in [0.05, 0.1) is 32.3 Å². The Hall–Kier alpha value is -1.26. The molecule has 0 aliphatic carbocycles. The van der Waals surface area contributed by atoms with Crippen LogP contribution in [0.25, 0.3) is 0 Å². The number of rotatable bonds is 8. The van der Waals surface area contributed by atoms with Gasteiger partial charge in [0.1, 0.15) is 0 Å². The van der Waals surface area contributed by atoms with Crippen LogP contribution in [0, 0.1) is 0 Å². The van der Waals surface area contributed by atoms with Gasteiger partial charge in [-0.05, 0) is 25.5 Å². The van der Waals surface area contributed by atoms with E-state index in [1.54, 1.807) is 11.4 Å². The van der Waals surface area contributed by atoms with Crippen molar-refractivity contribution >= 4 is 10.0 Å². The SMILES string of the molecule is COc1cccc(CN2CCCC(N(CCN3CCOCC3)S(C)(=O)=O)C2)n1. The molecule has 8 nitrogen and oxygen atoms in total. The summed E-state index contributed by atoms with van der Waals surface area (Å²) in [7, 11) is -1.65. The normalized spacial score (nSPS) is 22.5. The van der Waals surface area contributed by atoms with E-state index in [4.69, 9.17) is 9.47 Å². The second-order valence-corrected chi connectivity index (χ2v) is 9.47. The van der Waals surface area contributed by atoms with Crippen molar-refractivity contribution in [3.63, 3.8) is 0 Å². The van der Waals surface area contributed by atoms with Crippen molar-refractivity contribution in [1.29, 1.82) is 0 Å². The number of nitrogens with zero attached hydrogens (tertiary/aromatic N) is 4. The highest BCUT2D eigenvalue weighted by Gasteiger charge is 2.31. The van der Waals surface area contributed by atoms with Crippen molar-refractivity contribution in [1.82, 2.24) is 19.1 Å². The fraction of sp³-hybridized carbons (Fsp3) is 0.737. The van der Waals surface area contributed by atoms with E-state index < -0.39 is 10.0 Å². The Morgan fingerprint density at radius 3 is 2.75 bits per heavy atom. The molecular weight excluding hydrogens is 380 g/mol. The Kier molecular flexibility index (Phi) is 7.64. The Balaban J connectivity index is 1.61. The molecule has 0 bridgehead atoms. The van der Waals surface area contributed by atoms with Crippen molar-refractivity contribution in [2.24, 2.45) is 0 Å². The van der Waals surface area contributed by atoms with Crippen LogP contribution in [0.1, 0.15) is 18.5 Å². The van der Waals surface area contributed by atoms with E-state index in [0.717, 1.165) is 64.5 Å². The molecule has 2 aliphatic rings. The molecule has 2 saturated heterocycles. The average Bonchev–Trinajstić information content (AvgIpc) is 2.68. The zero-order chi connectivity index (χ0) is 20.0. The van der Waals surface area contributed by atoms with Gasteiger partial charge in [0, 0.05) is 51.4 Å². The molecule has 0 amide bonds. The van der Waals surface area contributed by atoms with Gasteiger partial charge in [-0.3, -0.25) is 9.80 Å². The Morgan fingerprint density at radius 2 is 2.04 bits per heavy atom. The lowest BCUT2D eigenvalue weighted by atomic mass is 10.1. The lowest BCUT2D eigenvalue weighted by Crippen LogP contribution is -2.52. The summed E-state index contributed by atoms with van der Waals surface area (Å²) in [5.74, 6) is 0.606. The summed E-state index contributed by atoms with van der Waals surface area (Å²) < 4.78 is 37.3. The molecule has 1 unspecified atom stereocenters. The summed E-state index contributed by atoms with van der Waals surface area (Å²) in [5, 5.41) is 0. The number of hydrogen-bond donors (Lipinski definition) is 0. The Morgan fingerprint density at radius 1 is 1.25 bits per heavy atom. The van der Waals surface area contributed by atoms with E-state index in [1.165, 1.54) is 6.26 Å². The minimum atomic E-state index is -3.26. The Bertz CT molecular complexity index is 724. The van der Waals surface area contributed by atoms with E-state index in [9.17, 15) is 8.42 Å². The van der Waals surface area contributed by atoms with E-state index in [-0.39, 0.29) is 6.04 Å². The molecule has 158 valence electrons. The first-order chi connectivity index (χ1) is 13.5. The highest BCUT2D eigenvalue weighted by Crippen LogP contribution is 2.20. The van der Waals surface area contributed by atoms with E-state index in [0.29, 0.717) is 19.0 Å². The fourth-order valence-electron chi connectivity index (χ4n) is 3.98. The van der Waals surface area contributed by atoms with Crippen LogP contribution in [0.4, 0.5) is 0 Å². The third kappa shape index (κ3) is 6.12. The third-order valence-corrected chi connectivity index (χ3v) is 6.76. The summed E-state index contributed by atoms with van der Waals surface area (Å²) in [6, 6.07) is 5.77. The summed E-state index contributed by atoms with van der Waals surface area (Å²) in [6.45, 7) is 6.87. The molecule has 9 heteroatoms. The third-order valence-electron chi connectivity index (χ3n) is 5.43. The van der Waals surface area contributed by atoms with Crippen LogP contribution >= 0.6 is 0 Å². The molecule has 28 heavy (non-hydrogen) atoms. The lowest BCUT2D eigenvalue weighted by molar-refractivity contribution is 0.0337. The van der Waals surface area contributed by atoms with Crippen LogP contribution < -0.4 is 4.74 Å². The number of methoxy groups -OCH3 is 1. The monoisotopic (exact) mass is 412 g/mol. The second-order valence-electron chi connectivity index (χ2n) is 7.53. The molecule has 0 radical (unpaired) electrons. The average molecular weight is 413 g/mol. The number of hydrogen-bond acceptors (Lipinski definition) is 7. The van der Waals surface area contributed by atoms with E-state index in [1.807, 2.05) is 18.2 Å².